The van der Waals surface area contributed by atoms with Gasteiger partial charge in [-0.15, -0.1) is 0 Å². The predicted octanol–water partition coefficient (Wildman–Crippen LogP) is 5.25. The molecule has 2 heteroatoms. The Kier molecular flexibility index (Phi) is 8.95. The van der Waals surface area contributed by atoms with Crippen LogP contribution >= 0.6 is 0 Å². The molecule has 0 saturated carbocycles. The Morgan fingerprint density at radius 3 is 2.53 bits per heavy atom. The zero-order chi connectivity index (χ0) is 13.8. The van der Waals surface area contributed by atoms with Crippen molar-refractivity contribution in [1.82, 2.24) is 0 Å². The molecule has 0 radical (unpaired) electrons. The van der Waals surface area contributed by atoms with Gasteiger partial charge in [0.2, 0.25) is 0 Å². The van der Waals surface area contributed by atoms with Crippen molar-refractivity contribution in [3.05, 3.63) is 24.3 Å². The van der Waals surface area contributed by atoms with Crippen molar-refractivity contribution in [1.29, 1.82) is 0 Å². The molecule has 0 fully saturated rings. The lowest BCUT2D eigenvalue weighted by Crippen LogP contribution is -2.02. The van der Waals surface area contributed by atoms with E-state index in [-0.39, 0.29) is 0 Å². The lowest BCUT2D eigenvalue weighted by molar-refractivity contribution is 0.304. The number of unbranched alkanes of at least 4 members (excludes halogenated alkanes) is 5. The number of anilines is 1. The van der Waals surface area contributed by atoms with Gasteiger partial charge in [-0.2, -0.15) is 0 Å². The molecule has 0 atom stereocenters. The number of rotatable bonds is 11. The fourth-order valence-corrected chi connectivity index (χ4v) is 2.00. The van der Waals surface area contributed by atoms with E-state index < -0.39 is 0 Å². The van der Waals surface area contributed by atoms with Gasteiger partial charge in [-0.05, 0) is 25.0 Å². The van der Waals surface area contributed by atoms with Gasteiger partial charge in [-0.25, -0.2) is 0 Å². The van der Waals surface area contributed by atoms with Gasteiger partial charge in [-0.1, -0.05) is 52.0 Å². The third-order valence-corrected chi connectivity index (χ3v) is 3.21. The van der Waals surface area contributed by atoms with Crippen LogP contribution in [0.25, 0.3) is 0 Å². The van der Waals surface area contributed by atoms with Crippen LogP contribution in [0.1, 0.15) is 58.8 Å². The van der Waals surface area contributed by atoms with Crippen LogP contribution in [0.3, 0.4) is 0 Å². The summed E-state index contributed by atoms with van der Waals surface area (Å²) in [5, 5.41) is 3.42. The summed E-state index contributed by atoms with van der Waals surface area (Å²) in [5.74, 6) is 0.983. The Labute approximate surface area is 118 Å². The van der Waals surface area contributed by atoms with Crippen molar-refractivity contribution in [2.24, 2.45) is 0 Å². The number of hydrogen-bond acceptors (Lipinski definition) is 2. The molecule has 0 aliphatic heterocycles. The Hall–Kier alpha value is -1.18. The summed E-state index contributed by atoms with van der Waals surface area (Å²) in [6.45, 7) is 6.33. The zero-order valence-electron chi connectivity index (χ0n) is 12.6. The molecule has 0 bridgehead atoms. The molecule has 0 spiro atoms. The average Bonchev–Trinajstić information content (AvgIpc) is 2.43. The number of ether oxygens (including phenoxy) is 1. The van der Waals surface area contributed by atoms with E-state index >= 15 is 0 Å². The normalized spacial score (nSPS) is 10.4. The van der Waals surface area contributed by atoms with Gasteiger partial charge in [0.25, 0.3) is 0 Å². The first-order chi connectivity index (χ1) is 9.36. The topological polar surface area (TPSA) is 21.3 Å². The first-order valence-corrected chi connectivity index (χ1v) is 7.83. The molecule has 0 amide bonds. The van der Waals surface area contributed by atoms with Gasteiger partial charge in [0.05, 0.1) is 6.61 Å². The molecule has 0 unspecified atom stereocenters. The maximum Gasteiger partial charge on any atom is 0.121 e. The summed E-state index contributed by atoms with van der Waals surface area (Å²) in [4.78, 5) is 0. The van der Waals surface area contributed by atoms with E-state index in [2.05, 4.69) is 37.4 Å². The molecule has 0 saturated heterocycles. The van der Waals surface area contributed by atoms with Crippen molar-refractivity contribution < 1.29 is 4.74 Å². The SMILES string of the molecule is CCCCCCCOc1cccc(NCCCC)c1. The van der Waals surface area contributed by atoms with Crippen molar-refractivity contribution in [2.45, 2.75) is 58.8 Å². The Bertz CT molecular complexity index is 325. The Morgan fingerprint density at radius 2 is 1.74 bits per heavy atom. The minimum Gasteiger partial charge on any atom is -0.494 e. The highest BCUT2D eigenvalue weighted by molar-refractivity contribution is 5.48. The van der Waals surface area contributed by atoms with E-state index in [0.29, 0.717) is 0 Å². The van der Waals surface area contributed by atoms with Crippen molar-refractivity contribution in [3.63, 3.8) is 0 Å². The predicted molar refractivity (Wildman–Crippen MR) is 84.1 cm³/mol. The molecule has 108 valence electrons. The summed E-state index contributed by atoms with van der Waals surface area (Å²) < 4.78 is 5.79. The van der Waals surface area contributed by atoms with E-state index in [1.54, 1.807) is 0 Å². The van der Waals surface area contributed by atoms with Gasteiger partial charge >= 0.3 is 0 Å². The summed E-state index contributed by atoms with van der Waals surface area (Å²) >= 11 is 0. The highest BCUT2D eigenvalue weighted by Crippen LogP contribution is 2.18. The van der Waals surface area contributed by atoms with Gasteiger partial charge in [0, 0.05) is 18.3 Å². The van der Waals surface area contributed by atoms with Crippen LogP contribution < -0.4 is 10.1 Å². The van der Waals surface area contributed by atoms with Crippen molar-refractivity contribution >= 4 is 5.69 Å². The van der Waals surface area contributed by atoms with E-state index in [1.807, 2.05) is 6.07 Å². The van der Waals surface area contributed by atoms with E-state index in [9.17, 15) is 0 Å². The van der Waals surface area contributed by atoms with Gasteiger partial charge in [0.1, 0.15) is 5.75 Å². The fourth-order valence-electron chi connectivity index (χ4n) is 2.00. The van der Waals surface area contributed by atoms with Gasteiger partial charge in [-0.3, -0.25) is 0 Å². The number of benzene rings is 1. The minimum atomic E-state index is 0.835. The fraction of sp³-hybridized carbons (Fsp3) is 0.647. The minimum absolute atomic E-state index is 0.835. The molecule has 2 nitrogen and oxygen atoms in total. The third kappa shape index (κ3) is 7.76. The first-order valence-electron chi connectivity index (χ1n) is 7.83. The van der Waals surface area contributed by atoms with Crippen LogP contribution in [0.15, 0.2) is 24.3 Å². The van der Waals surface area contributed by atoms with E-state index in [0.717, 1.165) is 31.0 Å². The molecule has 0 aromatic heterocycles. The second kappa shape index (κ2) is 10.7. The molecule has 1 aromatic carbocycles. The molecular formula is C17H29NO. The lowest BCUT2D eigenvalue weighted by atomic mass is 10.2. The van der Waals surface area contributed by atoms with Gasteiger partial charge < -0.3 is 10.1 Å². The number of hydrogen-bond donors (Lipinski definition) is 1. The Morgan fingerprint density at radius 1 is 0.947 bits per heavy atom. The van der Waals surface area contributed by atoms with Crippen LogP contribution in [0.5, 0.6) is 5.75 Å². The van der Waals surface area contributed by atoms with Crippen LogP contribution in [0.4, 0.5) is 5.69 Å². The smallest absolute Gasteiger partial charge is 0.121 e. The third-order valence-electron chi connectivity index (χ3n) is 3.21. The first kappa shape index (κ1) is 15.9. The average molecular weight is 263 g/mol. The number of nitrogens with one attached hydrogen (secondary N) is 1. The molecular weight excluding hydrogens is 234 g/mol. The monoisotopic (exact) mass is 263 g/mol. The maximum absolute atomic E-state index is 5.79. The second-order valence-corrected chi connectivity index (χ2v) is 5.07. The zero-order valence-corrected chi connectivity index (χ0v) is 12.6. The molecule has 19 heavy (non-hydrogen) atoms. The van der Waals surface area contributed by atoms with Crippen molar-refractivity contribution in [3.8, 4) is 5.75 Å². The standard InChI is InChI=1S/C17H29NO/c1-3-5-7-8-9-14-19-17-12-10-11-16(15-17)18-13-6-4-2/h10-12,15,18H,3-9,13-14H2,1-2H3. The largest absolute Gasteiger partial charge is 0.494 e. The molecule has 0 aliphatic carbocycles. The summed E-state index contributed by atoms with van der Waals surface area (Å²) in [7, 11) is 0. The second-order valence-electron chi connectivity index (χ2n) is 5.07. The lowest BCUT2D eigenvalue weighted by Gasteiger charge is -2.09. The van der Waals surface area contributed by atoms with Crippen LogP contribution in [0.2, 0.25) is 0 Å². The quantitative estimate of drug-likeness (QED) is 0.551. The Balaban J connectivity index is 2.20. The van der Waals surface area contributed by atoms with E-state index in [1.165, 1.54) is 38.5 Å². The van der Waals surface area contributed by atoms with Crippen LogP contribution in [-0.2, 0) is 0 Å². The van der Waals surface area contributed by atoms with Crippen LogP contribution in [0, 0.1) is 0 Å². The molecule has 0 aliphatic rings. The highest BCUT2D eigenvalue weighted by atomic mass is 16.5. The van der Waals surface area contributed by atoms with Gasteiger partial charge in [0.15, 0.2) is 0 Å². The molecule has 1 rings (SSSR count). The summed E-state index contributed by atoms with van der Waals surface area (Å²) in [5.41, 5.74) is 1.16. The molecule has 1 N–H and O–H groups in total. The molecule has 0 heterocycles. The summed E-state index contributed by atoms with van der Waals surface area (Å²) in [6.07, 6.45) is 8.85. The highest BCUT2D eigenvalue weighted by Gasteiger charge is 1.97. The molecule has 1 aromatic rings. The maximum atomic E-state index is 5.79. The summed E-state index contributed by atoms with van der Waals surface area (Å²) in [6, 6.07) is 8.29. The van der Waals surface area contributed by atoms with E-state index in [4.69, 9.17) is 4.74 Å². The van der Waals surface area contributed by atoms with Crippen LogP contribution in [-0.4, -0.2) is 13.2 Å². The van der Waals surface area contributed by atoms with Crippen molar-refractivity contribution in [2.75, 3.05) is 18.5 Å².